The van der Waals surface area contributed by atoms with Crippen molar-refractivity contribution in [3.8, 4) is 11.5 Å². The minimum atomic E-state index is 0.423. The maximum atomic E-state index is 5.38. The first-order valence-electron chi connectivity index (χ1n) is 8.84. The normalized spacial score (nSPS) is 15.6. The standard InChI is InChI=1S/C19H30N4O2/c1-5-9-21-19(20-6-2)22-15-7-10-23(11-8-15)16-12-17(24-3)14-18(13-16)25-4/h5,12-15H,1,6-11H2,2-4H3,(H2,20,21,22). The van der Waals surface area contributed by atoms with Crippen molar-refractivity contribution in [1.82, 2.24) is 10.6 Å². The molecule has 0 unspecified atom stereocenters. The van der Waals surface area contributed by atoms with Gasteiger partial charge in [0.15, 0.2) is 5.96 Å². The van der Waals surface area contributed by atoms with Crippen LogP contribution in [0.4, 0.5) is 5.69 Å². The molecule has 2 rings (SSSR count). The first-order valence-corrected chi connectivity index (χ1v) is 8.84. The second-order valence-electron chi connectivity index (χ2n) is 5.98. The molecule has 0 radical (unpaired) electrons. The summed E-state index contributed by atoms with van der Waals surface area (Å²) in [6.45, 7) is 9.23. The summed E-state index contributed by atoms with van der Waals surface area (Å²) in [6.07, 6.45) is 3.91. The van der Waals surface area contributed by atoms with E-state index in [1.165, 1.54) is 0 Å². The van der Waals surface area contributed by atoms with Crippen LogP contribution < -0.4 is 25.0 Å². The first-order chi connectivity index (χ1) is 12.2. The third kappa shape index (κ3) is 5.59. The van der Waals surface area contributed by atoms with Gasteiger partial charge in [0.2, 0.25) is 0 Å². The van der Waals surface area contributed by atoms with Gasteiger partial charge in [-0.25, -0.2) is 4.99 Å². The summed E-state index contributed by atoms with van der Waals surface area (Å²) in [4.78, 5) is 6.85. The Morgan fingerprint density at radius 2 is 1.88 bits per heavy atom. The van der Waals surface area contributed by atoms with Gasteiger partial charge in [0.05, 0.1) is 20.8 Å². The van der Waals surface area contributed by atoms with Crippen LogP contribution in [0.1, 0.15) is 19.8 Å². The van der Waals surface area contributed by atoms with E-state index in [0.29, 0.717) is 12.6 Å². The van der Waals surface area contributed by atoms with E-state index in [1.807, 2.05) is 6.07 Å². The molecular weight excluding hydrogens is 316 g/mol. The summed E-state index contributed by atoms with van der Waals surface area (Å²) in [6, 6.07) is 6.44. The number of benzene rings is 1. The minimum Gasteiger partial charge on any atom is -0.497 e. The zero-order chi connectivity index (χ0) is 18.1. The molecule has 0 aromatic heterocycles. The molecule has 1 saturated heterocycles. The number of ether oxygens (including phenoxy) is 2. The van der Waals surface area contributed by atoms with Crippen molar-refractivity contribution in [2.75, 3.05) is 45.3 Å². The molecule has 2 N–H and O–H groups in total. The Morgan fingerprint density at radius 1 is 1.24 bits per heavy atom. The SMILES string of the molecule is C=CCN=C(NCC)NC1CCN(c2cc(OC)cc(OC)c2)CC1. The van der Waals surface area contributed by atoms with Crippen molar-refractivity contribution in [3.63, 3.8) is 0 Å². The average molecular weight is 346 g/mol. The van der Waals surface area contributed by atoms with E-state index in [1.54, 1.807) is 20.3 Å². The molecule has 1 aromatic rings. The second-order valence-corrected chi connectivity index (χ2v) is 5.98. The number of piperidine rings is 1. The lowest BCUT2D eigenvalue weighted by molar-refractivity contribution is 0.393. The number of hydrogen-bond acceptors (Lipinski definition) is 4. The Morgan fingerprint density at radius 3 is 2.40 bits per heavy atom. The Labute approximate surface area is 150 Å². The van der Waals surface area contributed by atoms with Crippen molar-refractivity contribution in [1.29, 1.82) is 0 Å². The summed E-state index contributed by atoms with van der Waals surface area (Å²) in [5.41, 5.74) is 1.14. The Hall–Kier alpha value is -2.37. The first kappa shape index (κ1) is 19.0. The number of nitrogens with one attached hydrogen (secondary N) is 2. The van der Waals surface area contributed by atoms with E-state index in [4.69, 9.17) is 9.47 Å². The molecule has 0 bridgehead atoms. The predicted octanol–water partition coefficient (Wildman–Crippen LogP) is 2.41. The second kappa shape index (κ2) is 9.81. The highest BCUT2D eigenvalue weighted by Gasteiger charge is 2.21. The van der Waals surface area contributed by atoms with Crippen LogP contribution in [0.2, 0.25) is 0 Å². The molecule has 1 fully saturated rings. The Kier molecular flexibility index (Phi) is 7.44. The highest BCUT2D eigenvalue weighted by Crippen LogP contribution is 2.30. The van der Waals surface area contributed by atoms with Crippen LogP contribution in [0.3, 0.4) is 0 Å². The number of methoxy groups -OCH3 is 2. The molecule has 0 atom stereocenters. The molecule has 1 aliphatic heterocycles. The number of guanidine groups is 1. The third-order valence-electron chi connectivity index (χ3n) is 4.26. The van der Waals surface area contributed by atoms with Gasteiger partial charge in [-0.05, 0) is 19.8 Å². The molecular formula is C19H30N4O2. The lowest BCUT2D eigenvalue weighted by atomic mass is 10.0. The molecule has 6 heteroatoms. The quantitative estimate of drug-likeness (QED) is 0.451. The van der Waals surface area contributed by atoms with Gasteiger partial charge >= 0.3 is 0 Å². The van der Waals surface area contributed by atoms with E-state index < -0.39 is 0 Å². The summed E-state index contributed by atoms with van der Waals surface area (Å²) in [7, 11) is 3.36. The largest absolute Gasteiger partial charge is 0.497 e. The van der Waals surface area contributed by atoms with E-state index in [0.717, 1.165) is 55.6 Å². The summed E-state index contributed by atoms with van der Waals surface area (Å²) >= 11 is 0. The zero-order valence-electron chi connectivity index (χ0n) is 15.5. The predicted molar refractivity (Wildman–Crippen MR) is 104 cm³/mol. The number of aliphatic imine (C=N–C) groups is 1. The number of hydrogen-bond donors (Lipinski definition) is 2. The molecule has 25 heavy (non-hydrogen) atoms. The molecule has 0 spiro atoms. The summed E-state index contributed by atoms with van der Waals surface area (Å²) < 4.78 is 10.8. The van der Waals surface area contributed by atoms with Crippen molar-refractivity contribution >= 4 is 11.6 Å². The van der Waals surface area contributed by atoms with Crippen molar-refractivity contribution in [3.05, 3.63) is 30.9 Å². The minimum absolute atomic E-state index is 0.423. The van der Waals surface area contributed by atoms with Crippen LogP contribution in [0.25, 0.3) is 0 Å². The molecule has 138 valence electrons. The highest BCUT2D eigenvalue weighted by molar-refractivity contribution is 5.80. The van der Waals surface area contributed by atoms with Crippen LogP contribution in [0.15, 0.2) is 35.8 Å². The van der Waals surface area contributed by atoms with E-state index in [-0.39, 0.29) is 0 Å². The smallest absolute Gasteiger partial charge is 0.191 e. The van der Waals surface area contributed by atoms with E-state index in [2.05, 4.69) is 46.2 Å². The van der Waals surface area contributed by atoms with Gasteiger partial charge in [-0.3, -0.25) is 0 Å². The lowest BCUT2D eigenvalue weighted by Crippen LogP contribution is -2.48. The Bertz CT molecular complexity index is 559. The van der Waals surface area contributed by atoms with Gasteiger partial charge in [-0.2, -0.15) is 0 Å². The molecule has 1 aliphatic rings. The maximum absolute atomic E-state index is 5.38. The molecule has 0 saturated carbocycles. The van der Waals surface area contributed by atoms with Crippen LogP contribution in [0.5, 0.6) is 11.5 Å². The average Bonchev–Trinajstić information content (AvgIpc) is 2.66. The highest BCUT2D eigenvalue weighted by atomic mass is 16.5. The van der Waals surface area contributed by atoms with Gasteiger partial charge in [0.25, 0.3) is 0 Å². The van der Waals surface area contributed by atoms with E-state index in [9.17, 15) is 0 Å². The van der Waals surface area contributed by atoms with Gasteiger partial charge in [0.1, 0.15) is 11.5 Å². The van der Waals surface area contributed by atoms with Crippen LogP contribution in [-0.2, 0) is 0 Å². The molecule has 0 amide bonds. The molecule has 1 heterocycles. The monoisotopic (exact) mass is 346 g/mol. The summed E-state index contributed by atoms with van der Waals surface area (Å²) in [5.74, 6) is 2.50. The van der Waals surface area contributed by atoms with Crippen molar-refractivity contribution < 1.29 is 9.47 Å². The fourth-order valence-electron chi connectivity index (χ4n) is 2.93. The lowest BCUT2D eigenvalue weighted by Gasteiger charge is -2.34. The van der Waals surface area contributed by atoms with Crippen molar-refractivity contribution in [2.24, 2.45) is 4.99 Å². The maximum Gasteiger partial charge on any atom is 0.191 e. The van der Waals surface area contributed by atoms with Gasteiger partial charge in [-0.15, -0.1) is 6.58 Å². The fourth-order valence-corrected chi connectivity index (χ4v) is 2.93. The topological polar surface area (TPSA) is 58.1 Å². The van der Waals surface area contributed by atoms with Gasteiger partial charge in [0, 0.05) is 49.6 Å². The number of nitrogens with zero attached hydrogens (tertiary/aromatic N) is 2. The van der Waals surface area contributed by atoms with Crippen LogP contribution in [0, 0.1) is 0 Å². The summed E-state index contributed by atoms with van der Waals surface area (Å²) in [5, 5.41) is 6.81. The van der Waals surface area contributed by atoms with Gasteiger partial charge < -0.3 is 25.0 Å². The Balaban J connectivity index is 1.96. The van der Waals surface area contributed by atoms with E-state index >= 15 is 0 Å². The third-order valence-corrected chi connectivity index (χ3v) is 4.26. The van der Waals surface area contributed by atoms with Crippen molar-refractivity contribution in [2.45, 2.75) is 25.8 Å². The molecule has 6 nitrogen and oxygen atoms in total. The van der Waals surface area contributed by atoms with Crippen LogP contribution >= 0.6 is 0 Å². The fraction of sp³-hybridized carbons (Fsp3) is 0.526. The van der Waals surface area contributed by atoms with Gasteiger partial charge in [-0.1, -0.05) is 6.08 Å². The molecule has 0 aliphatic carbocycles. The number of anilines is 1. The number of rotatable bonds is 7. The van der Waals surface area contributed by atoms with Crippen LogP contribution in [-0.4, -0.2) is 52.4 Å². The zero-order valence-corrected chi connectivity index (χ0v) is 15.5. The molecule has 1 aromatic carbocycles.